The average Bonchev–Trinajstić information content (AvgIpc) is 2.82. The molecule has 0 saturated heterocycles. The molecule has 3 amide bonds. The predicted octanol–water partition coefficient (Wildman–Crippen LogP) is 1.49. The van der Waals surface area contributed by atoms with Gasteiger partial charge in [-0.15, -0.1) is 0 Å². The summed E-state index contributed by atoms with van der Waals surface area (Å²) in [6.07, 6.45) is -0.596. The number of carbonyl (C=O) groups excluding carboxylic acids is 4. The van der Waals surface area contributed by atoms with Gasteiger partial charge in [0.2, 0.25) is 17.7 Å². The van der Waals surface area contributed by atoms with Gasteiger partial charge in [-0.25, -0.2) is 4.39 Å². The van der Waals surface area contributed by atoms with Crippen molar-refractivity contribution in [3.05, 3.63) is 75.6 Å². The lowest BCUT2D eigenvalue weighted by molar-refractivity contribution is -0.384. The summed E-state index contributed by atoms with van der Waals surface area (Å²) in [6, 6.07) is 8.02. The number of amides is 3. The molecule has 0 bridgehead atoms. The van der Waals surface area contributed by atoms with Crippen LogP contribution in [0.25, 0.3) is 0 Å². The molecule has 0 aliphatic heterocycles. The van der Waals surface area contributed by atoms with Crippen LogP contribution in [0.15, 0.2) is 48.5 Å². The number of ether oxygens (including phenoxy) is 1. The second kappa shape index (κ2) is 12.9. The van der Waals surface area contributed by atoms with E-state index in [0.29, 0.717) is 5.56 Å². The van der Waals surface area contributed by atoms with Crippen molar-refractivity contribution in [1.82, 2.24) is 10.6 Å². The Morgan fingerprint density at radius 2 is 1.72 bits per heavy atom. The summed E-state index contributed by atoms with van der Waals surface area (Å²) in [4.78, 5) is 60.0. The highest BCUT2D eigenvalue weighted by molar-refractivity contribution is 5.92. The highest BCUT2D eigenvalue weighted by Gasteiger charge is 2.34. The molecule has 36 heavy (non-hydrogen) atoms. The van der Waals surface area contributed by atoms with Gasteiger partial charge in [-0.2, -0.15) is 0 Å². The van der Waals surface area contributed by atoms with Crippen LogP contribution in [0.5, 0.6) is 0 Å². The van der Waals surface area contributed by atoms with Crippen molar-refractivity contribution in [2.24, 2.45) is 5.73 Å². The van der Waals surface area contributed by atoms with E-state index in [0.717, 1.165) is 0 Å². The van der Waals surface area contributed by atoms with E-state index in [9.17, 15) is 33.7 Å². The molecule has 0 saturated carbocycles. The van der Waals surface area contributed by atoms with Crippen LogP contribution in [0.4, 0.5) is 10.1 Å². The van der Waals surface area contributed by atoms with Crippen molar-refractivity contribution in [2.45, 2.75) is 44.7 Å². The Kier molecular flexibility index (Phi) is 10.0. The van der Waals surface area contributed by atoms with Crippen molar-refractivity contribution in [1.29, 1.82) is 0 Å². The standard InChI is InChI=1S/C24H27FN4O7/c1-3-36-21(31)13-18(15-8-10-17(11-9-15)29(34)35)22(23(26)32)28-24(33)20(27-14(2)30)12-16-6-4-5-7-19(16)25/h4-11,18,20,22H,3,12-13H2,1-2H3,(H2,26,32)(H,27,30)(H,28,33)/t18-,20+,22+/m1/s1. The molecule has 0 aliphatic rings. The Morgan fingerprint density at radius 1 is 1.08 bits per heavy atom. The quantitative estimate of drug-likeness (QED) is 0.224. The van der Waals surface area contributed by atoms with E-state index in [-0.39, 0.29) is 30.7 Å². The highest BCUT2D eigenvalue weighted by atomic mass is 19.1. The van der Waals surface area contributed by atoms with Gasteiger partial charge in [0.1, 0.15) is 17.9 Å². The summed E-state index contributed by atoms with van der Waals surface area (Å²) in [7, 11) is 0. The van der Waals surface area contributed by atoms with Gasteiger partial charge >= 0.3 is 5.97 Å². The van der Waals surface area contributed by atoms with E-state index in [1.165, 1.54) is 49.4 Å². The molecule has 0 unspecified atom stereocenters. The third kappa shape index (κ3) is 7.86. The highest BCUT2D eigenvalue weighted by Crippen LogP contribution is 2.27. The van der Waals surface area contributed by atoms with Crippen LogP contribution in [0.3, 0.4) is 0 Å². The number of non-ortho nitro benzene ring substituents is 1. The second-order valence-electron chi connectivity index (χ2n) is 7.90. The maximum Gasteiger partial charge on any atom is 0.306 e. The molecule has 3 atom stereocenters. The van der Waals surface area contributed by atoms with Crippen molar-refractivity contribution in [3.8, 4) is 0 Å². The molecule has 0 fully saturated rings. The molecule has 0 radical (unpaired) electrons. The molecular weight excluding hydrogens is 475 g/mol. The number of halogens is 1. The van der Waals surface area contributed by atoms with Crippen LogP contribution < -0.4 is 16.4 Å². The molecule has 12 heteroatoms. The lowest BCUT2D eigenvalue weighted by Crippen LogP contribution is -2.55. The van der Waals surface area contributed by atoms with Gasteiger partial charge in [-0.3, -0.25) is 29.3 Å². The summed E-state index contributed by atoms with van der Waals surface area (Å²) >= 11 is 0. The number of nitrogens with one attached hydrogen (secondary N) is 2. The van der Waals surface area contributed by atoms with E-state index in [1.807, 2.05) is 0 Å². The third-order valence-electron chi connectivity index (χ3n) is 5.31. The van der Waals surface area contributed by atoms with E-state index in [2.05, 4.69) is 10.6 Å². The Balaban J connectivity index is 2.39. The first-order valence-electron chi connectivity index (χ1n) is 11.0. The number of nitro benzene ring substituents is 1. The zero-order valence-corrected chi connectivity index (χ0v) is 19.7. The Hall–Kier alpha value is -4.35. The fraction of sp³-hybridized carbons (Fsp3) is 0.333. The van der Waals surface area contributed by atoms with Gasteiger partial charge in [-0.1, -0.05) is 30.3 Å². The van der Waals surface area contributed by atoms with Crippen molar-refractivity contribution < 1.29 is 33.2 Å². The van der Waals surface area contributed by atoms with Crippen LogP contribution in [-0.2, 0) is 30.3 Å². The van der Waals surface area contributed by atoms with Gasteiger partial charge in [-0.05, 0) is 24.1 Å². The zero-order chi connectivity index (χ0) is 26.8. The number of benzene rings is 2. The fourth-order valence-electron chi connectivity index (χ4n) is 3.63. The van der Waals surface area contributed by atoms with E-state index in [4.69, 9.17) is 10.5 Å². The molecule has 2 rings (SSSR count). The molecule has 2 aromatic rings. The minimum absolute atomic E-state index is 0.0622. The predicted molar refractivity (Wildman–Crippen MR) is 126 cm³/mol. The van der Waals surface area contributed by atoms with E-state index >= 15 is 0 Å². The summed E-state index contributed by atoms with van der Waals surface area (Å²) in [5, 5.41) is 15.9. The van der Waals surface area contributed by atoms with Crippen molar-refractivity contribution in [2.75, 3.05) is 6.61 Å². The number of carbonyl (C=O) groups is 4. The van der Waals surface area contributed by atoms with E-state index < -0.39 is 52.4 Å². The van der Waals surface area contributed by atoms with Crippen LogP contribution in [0.2, 0.25) is 0 Å². The second-order valence-corrected chi connectivity index (χ2v) is 7.90. The minimum Gasteiger partial charge on any atom is -0.466 e. The maximum absolute atomic E-state index is 14.2. The first kappa shape index (κ1) is 27.9. The van der Waals surface area contributed by atoms with Crippen LogP contribution in [0.1, 0.15) is 37.3 Å². The molecule has 0 heterocycles. The molecule has 11 nitrogen and oxygen atoms in total. The number of primary amides is 1. The monoisotopic (exact) mass is 502 g/mol. The number of nitro groups is 1. The number of rotatable bonds is 12. The normalized spacial score (nSPS) is 13.1. The topological polar surface area (TPSA) is 171 Å². The molecule has 0 aromatic heterocycles. The number of esters is 1. The fourth-order valence-corrected chi connectivity index (χ4v) is 3.63. The molecular formula is C24H27FN4O7. The summed E-state index contributed by atoms with van der Waals surface area (Å²) in [5.41, 5.74) is 5.81. The van der Waals surface area contributed by atoms with Gasteiger partial charge in [0, 0.05) is 31.4 Å². The van der Waals surface area contributed by atoms with Gasteiger partial charge in [0.25, 0.3) is 5.69 Å². The number of hydrogen-bond acceptors (Lipinski definition) is 7. The Labute approximate surface area is 206 Å². The lowest BCUT2D eigenvalue weighted by atomic mass is 9.87. The van der Waals surface area contributed by atoms with Crippen molar-refractivity contribution in [3.63, 3.8) is 0 Å². The Morgan fingerprint density at radius 3 is 2.25 bits per heavy atom. The number of hydrogen-bond donors (Lipinski definition) is 3. The Bertz CT molecular complexity index is 1120. The summed E-state index contributed by atoms with van der Waals surface area (Å²) in [6.45, 7) is 2.83. The van der Waals surface area contributed by atoms with Crippen LogP contribution in [0, 0.1) is 15.9 Å². The van der Waals surface area contributed by atoms with Gasteiger partial charge in [0.05, 0.1) is 18.0 Å². The van der Waals surface area contributed by atoms with Gasteiger partial charge in [0.15, 0.2) is 0 Å². The first-order valence-corrected chi connectivity index (χ1v) is 11.0. The van der Waals surface area contributed by atoms with Crippen LogP contribution in [-0.4, -0.2) is 47.3 Å². The molecule has 4 N–H and O–H groups in total. The smallest absolute Gasteiger partial charge is 0.306 e. The summed E-state index contributed by atoms with van der Waals surface area (Å²) < 4.78 is 19.2. The van der Waals surface area contributed by atoms with Crippen molar-refractivity contribution >= 4 is 29.4 Å². The lowest BCUT2D eigenvalue weighted by Gasteiger charge is -2.27. The molecule has 0 aliphatic carbocycles. The van der Waals surface area contributed by atoms with E-state index in [1.54, 1.807) is 13.0 Å². The minimum atomic E-state index is -1.46. The number of nitrogens with two attached hydrogens (primary N) is 1. The number of nitrogens with zero attached hydrogens (tertiary/aromatic N) is 1. The average molecular weight is 502 g/mol. The summed E-state index contributed by atoms with van der Waals surface area (Å²) in [5.74, 6) is -4.72. The van der Waals surface area contributed by atoms with Crippen LogP contribution >= 0.6 is 0 Å². The third-order valence-corrected chi connectivity index (χ3v) is 5.31. The van der Waals surface area contributed by atoms with Gasteiger partial charge < -0.3 is 21.1 Å². The largest absolute Gasteiger partial charge is 0.466 e. The molecule has 2 aromatic carbocycles. The first-order chi connectivity index (χ1) is 17.0. The zero-order valence-electron chi connectivity index (χ0n) is 19.7. The SMILES string of the molecule is CCOC(=O)C[C@H](c1ccc([N+](=O)[O-])cc1)[C@H](NC(=O)[C@H](Cc1ccccc1F)NC(C)=O)C(N)=O. The maximum atomic E-state index is 14.2. The molecule has 0 spiro atoms. The molecule has 192 valence electrons.